The molecule has 1 aliphatic carbocycles. The fourth-order valence-corrected chi connectivity index (χ4v) is 3.81. The van der Waals surface area contributed by atoms with Crippen molar-refractivity contribution in [1.29, 1.82) is 0 Å². The summed E-state index contributed by atoms with van der Waals surface area (Å²) in [7, 11) is 2.12. The molecule has 2 unspecified atom stereocenters. The Morgan fingerprint density at radius 2 is 1.95 bits per heavy atom. The van der Waals surface area contributed by atoms with E-state index in [2.05, 4.69) is 58.3 Å². The second-order valence-electron chi connectivity index (χ2n) is 6.97. The fourth-order valence-electron chi connectivity index (χ4n) is 3.81. The Hall–Kier alpha value is -0.820. The maximum absolute atomic E-state index is 3.61. The van der Waals surface area contributed by atoms with E-state index in [1.54, 1.807) is 0 Å². The summed E-state index contributed by atoms with van der Waals surface area (Å²) in [5.41, 5.74) is 4.74. The first-order valence-corrected chi connectivity index (χ1v) is 7.70. The Balaban J connectivity index is 2.35. The van der Waals surface area contributed by atoms with E-state index in [1.807, 2.05) is 0 Å². The minimum Gasteiger partial charge on any atom is -0.313 e. The van der Waals surface area contributed by atoms with Crippen LogP contribution in [0.4, 0.5) is 0 Å². The zero-order chi connectivity index (χ0) is 14.0. The van der Waals surface area contributed by atoms with Crippen LogP contribution in [0.1, 0.15) is 62.3 Å². The molecule has 2 atom stereocenters. The second kappa shape index (κ2) is 5.66. The average Bonchev–Trinajstić information content (AvgIpc) is 2.36. The van der Waals surface area contributed by atoms with Crippen LogP contribution in [0.25, 0.3) is 0 Å². The van der Waals surface area contributed by atoms with Crippen molar-refractivity contribution < 1.29 is 0 Å². The predicted octanol–water partition coefficient (Wildman–Crippen LogP) is 4.78. The highest BCUT2D eigenvalue weighted by molar-refractivity contribution is 5.33. The largest absolute Gasteiger partial charge is 0.313 e. The van der Waals surface area contributed by atoms with Gasteiger partial charge in [-0.2, -0.15) is 0 Å². The predicted molar refractivity (Wildman–Crippen MR) is 83.5 cm³/mol. The highest BCUT2D eigenvalue weighted by atomic mass is 14.9. The molecule has 0 heterocycles. The molecule has 2 rings (SSSR count). The number of rotatable bonds is 3. The summed E-state index contributed by atoms with van der Waals surface area (Å²) in [6.45, 7) is 9.34. The molecule has 0 bridgehead atoms. The van der Waals surface area contributed by atoms with Crippen molar-refractivity contribution in [3.05, 3.63) is 34.9 Å². The maximum Gasteiger partial charge on any atom is 0.0354 e. The van der Waals surface area contributed by atoms with E-state index in [1.165, 1.54) is 42.4 Å². The van der Waals surface area contributed by atoms with E-state index >= 15 is 0 Å². The number of hydrogen-bond acceptors (Lipinski definition) is 1. The van der Waals surface area contributed by atoms with Gasteiger partial charge in [0.15, 0.2) is 0 Å². The molecule has 0 amide bonds. The van der Waals surface area contributed by atoms with Crippen molar-refractivity contribution in [2.24, 2.45) is 11.3 Å². The fraction of sp³-hybridized carbons (Fsp3) is 0.667. The van der Waals surface area contributed by atoms with E-state index in [9.17, 15) is 0 Å². The molecule has 1 aliphatic rings. The van der Waals surface area contributed by atoms with Crippen molar-refractivity contribution >= 4 is 0 Å². The average molecular weight is 259 g/mol. The van der Waals surface area contributed by atoms with Gasteiger partial charge in [-0.3, -0.25) is 0 Å². The van der Waals surface area contributed by atoms with Gasteiger partial charge in [0.1, 0.15) is 0 Å². The number of aryl methyl sites for hydroxylation is 2. The van der Waals surface area contributed by atoms with Crippen molar-refractivity contribution in [3.8, 4) is 0 Å². The summed E-state index contributed by atoms with van der Waals surface area (Å²) in [4.78, 5) is 0. The van der Waals surface area contributed by atoms with Gasteiger partial charge in [-0.25, -0.2) is 0 Å². The monoisotopic (exact) mass is 259 g/mol. The molecule has 1 aromatic rings. The van der Waals surface area contributed by atoms with Gasteiger partial charge < -0.3 is 5.32 Å². The molecule has 0 radical (unpaired) electrons. The van der Waals surface area contributed by atoms with Crippen molar-refractivity contribution in [2.45, 2.75) is 59.4 Å². The third kappa shape index (κ3) is 3.02. The molecule has 1 fully saturated rings. The molecular formula is C18H29N. The smallest absolute Gasteiger partial charge is 0.0354 e. The molecule has 0 aliphatic heterocycles. The zero-order valence-corrected chi connectivity index (χ0v) is 13.2. The minimum atomic E-state index is 0.447. The Labute approximate surface area is 118 Å². The summed E-state index contributed by atoms with van der Waals surface area (Å²) < 4.78 is 0. The Kier molecular flexibility index (Phi) is 4.35. The lowest BCUT2D eigenvalue weighted by Gasteiger charge is -2.43. The second-order valence-corrected chi connectivity index (χ2v) is 6.97. The lowest BCUT2D eigenvalue weighted by atomic mass is 9.64. The molecule has 0 aromatic heterocycles. The standard InChI is InChI=1S/C18H29N/c1-13-9-10-14(2)15(12-13)17(19-5)16-8-6-7-11-18(16,3)4/h9-10,12,16-17,19H,6-8,11H2,1-5H3. The first kappa shape index (κ1) is 14.6. The van der Waals surface area contributed by atoms with Crippen LogP contribution in [-0.4, -0.2) is 7.05 Å². The van der Waals surface area contributed by atoms with E-state index < -0.39 is 0 Å². The van der Waals surface area contributed by atoms with Gasteiger partial charge >= 0.3 is 0 Å². The van der Waals surface area contributed by atoms with Gasteiger partial charge in [-0.15, -0.1) is 0 Å². The van der Waals surface area contributed by atoms with Crippen LogP contribution < -0.4 is 5.32 Å². The van der Waals surface area contributed by atoms with E-state index in [0.717, 1.165) is 5.92 Å². The molecule has 1 saturated carbocycles. The van der Waals surface area contributed by atoms with Crippen LogP contribution in [-0.2, 0) is 0 Å². The summed E-state index contributed by atoms with van der Waals surface area (Å²) in [5.74, 6) is 0.742. The van der Waals surface area contributed by atoms with E-state index in [4.69, 9.17) is 0 Å². The quantitative estimate of drug-likeness (QED) is 0.823. The van der Waals surface area contributed by atoms with Crippen LogP contribution in [0, 0.1) is 25.2 Å². The topological polar surface area (TPSA) is 12.0 Å². The molecule has 1 aromatic carbocycles. The highest BCUT2D eigenvalue weighted by Crippen LogP contribution is 2.47. The van der Waals surface area contributed by atoms with Crippen LogP contribution in [0.5, 0.6) is 0 Å². The number of benzene rings is 1. The Bertz CT molecular complexity index is 433. The van der Waals surface area contributed by atoms with E-state index in [-0.39, 0.29) is 0 Å². The lowest BCUT2D eigenvalue weighted by molar-refractivity contribution is 0.101. The van der Waals surface area contributed by atoms with Crippen molar-refractivity contribution in [2.75, 3.05) is 7.05 Å². The Morgan fingerprint density at radius 3 is 2.58 bits per heavy atom. The van der Waals surface area contributed by atoms with Crippen LogP contribution in [0.3, 0.4) is 0 Å². The summed E-state index contributed by atoms with van der Waals surface area (Å²) in [6, 6.07) is 7.36. The van der Waals surface area contributed by atoms with Gasteiger partial charge in [0.2, 0.25) is 0 Å². The molecule has 0 spiro atoms. The summed E-state index contributed by atoms with van der Waals surface area (Å²) in [6.07, 6.45) is 5.50. The zero-order valence-electron chi connectivity index (χ0n) is 13.2. The first-order chi connectivity index (χ1) is 8.95. The SMILES string of the molecule is CNC(c1cc(C)ccc1C)C1CCCCC1(C)C. The molecule has 106 valence electrons. The van der Waals surface area contributed by atoms with Crippen molar-refractivity contribution in [1.82, 2.24) is 5.32 Å². The molecule has 1 heteroatoms. The lowest BCUT2D eigenvalue weighted by Crippen LogP contribution is -2.38. The minimum absolute atomic E-state index is 0.447. The van der Waals surface area contributed by atoms with Gasteiger partial charge in [0, 0.05) is 6.04 Å². The third-order valence-electron chi connectivity index (χ3n) is 5.07. The third-order valence-corrected chi connectivity index (χ3v) is 5.07. The maximum atomic E-state index is 3.61. The number of nitrogens with one attached hydrogen (secondary N) is 1. The molecule has 0 saturated heterocycles. The molecule has 1 nitrogen and oxygen atoms in total. The molecule has 1 N–H and O–H groups in total. The van der Waals surface area contributed by atoms with Crippen LogP contribution in [0.2, 0.25) is 0 Å². The van der Waals surface area contributed by atoms with Gasteiger partial charge in [-0.05, 0) is 56.2 Å². The van der Waals surface area contributed by atoms with Gasteiger partial charge in [0.05, 0.1) is 0 Å². The van der Waals surface area contributed by atoms with Crippen LogP contribution >= 0.6 is 0 Å². The van der Waals surface area contributed by atoms with Gasteiger partial charge in [-0.1, -0.05) is 50.5 Å². The number of hydrogen-bond donors (Lipinski definition) is 1. The van der Waals surface area contributed by atoms with Crippen LogP contribution in [0.15, 0.2) is 18.2 Å². The van der Waals surface area contributed by atoms with Gasteiger partial charge in [0.25, 0.3) is 0 Å². The summed E-state index contributed by atoms with van der Waals surface area (Å²) >= 11 is 0. The van der Waals surface area contributed by atoms with Crippen molar-refractivity contribution in [3.63, 3.8) is 0 Å². The normalized spacial score (nSPS) is 24.2. The molecule has 19 heavy (non-hydrogen) atoms. The van der Waals surface area contributed by atoms with E-state index in [0.29, 0.717) is 11.5 Å². The first-order valence-electron chi connectivity index (χ1n) is 7.70. The highest BCUT2D eigenvalue weighted by Gasteiger charge is 2.37. The molecular weight excluding hydrogens is 230 g/mol. The summed E-state index contributed by atoms with van der Waals surface area (Å²) in [5, 5.41) is 3.61. The Morgan fingerprint density at radius 1 is 1.21 bits per heavy atom.